The molecule has 0 fully saturated rings. The molecule has 2 N–H and O–H groups in total. The van der Waals surface area contributed by atoms with E-state index in [1.54, 1.807) is 43.9 Å². The van der Waals surface area contributed by atoms with Crippen molar-refractivity contribution in [2.45, 2.75) is 31.2 Å². The van der Waals surface area contributed by atoms with Crippen molar-refractivity contribution in [1.29, 1.82) is 0 Å². The van der Waals surface area contributed by atoms with Gasteiger partial charge in [-0.05, 0) is 50.0 Å². The molecule has 0 aliphatic rings. The highest BCUT2D eigenvalue weighted by molar-refractivity contribution is 7.98. The average molecular weight is 347 g/mol. The van der Waals surface area contributed by atoms with E-state index < -0.39 is 10.0 Å². The number of hydrogen-bond donors (Lipinski definition) is 1. The molecule has 1 aromatic carbocycles. The van der Waals surface area contributed by atoms with E-state index >= 15 is 0 Å². The van der Waals surface area contributed by atoms with Gasteiger partial charge >= 0.3 is 0 Å². The van der Waals surface area contributed by atoms with Crippen LogP contribution in [0.4, 0.5) is 0 Å². The summed E-state index contributed by atoms with van der Waals surface area (Å²) in [5.41, 5.74) is 6.91. The Kier molecular flexibility index (Phi) is 6.65. The molecule has 0 spiro atoms. The molecule has 0 saturated carbocycles. The predicted molar refractivity (Wildman–Crippen MR) is 94.5 cm³/mol. The van der Waals surface area contributed by atoms with Crippen LogP contribution < -0.4 is 5.73 Å². The first-order valence-corrected chi connectivity index (χ1v) is 9.83. The molecule has 1 rings (SSSR count). The third kappa shape index (κ3) is 4.42. The summed E-state index contributed by atoms with van der Waals surface area (Å²) in [7, 11) is -1.88. The Labute approximate surface area is 137 Å². The van der Waals surface area contributed by atoms with Crippen LogP contribution in [0.2, 0.25) is 0 Å². The number of nitrogens with zero attached hydrogens (tertiary/aromatic N) is 1. The summed E-state index contributed by atoms with van der Waals surface area (Å²) >= 11 is 6.63. The van der Waals surface area contributed by atoms with E-state index in [4.69, 9.17) is 18.0 Å². The molecule has 0 saturated heterocycles. The maximum absolute atomic E-state index is 12.7. The molecule has 0 aromatic heterocycles. The highest BCUT2D eigenvalue weighted by Crippen LogP contribution is 2.23. The molecular formula is C14H22N2O2S3. The number of nitrogens with two attached hydrogens (primary N) is 1. The van der Waals surface area contributed by atoms with Crippen LogP contribution in [0.5, 0.6) is 0 Å². The normalized spacial score (nSPS) is 13.4. The number of rotatable bonds is 7. The third-order valence-electron chi connectivity index (χ3n) is 3.48. The Morgan fingerprint density at radius 1 is 1.48 bits per heavy atom. The molecule has 1 aromatic rings. The zero-order valence-corrected chi connectivity index (χ0v) is 15.2. The molecule has 0 bridgehead atoms. The Morgan fingerprint density at radius 2 is 2.10 bits per heavy atom. The lowest BCUT2D eigenvalue weighted by Crippen LogP contribution is -2.35. The van der Waals surface area contributed by atoms with Crippen LogP contribution in [-0.2, 0) is 10.0 Å². The average Bonchev–Trinajstić information content (AvgIpc) is 2.43. The maximum Gasteiger partial charge on any atom is 0.243 e. The van der Waals surface area contributed by atoms with E-state index in [2.05, 4.69) is 0 Å². The molecule has 4 nitrogen and oxygen atoms in total. The summed E-state index contributed by atoms with van der Waals surface area (Å²) in [5.74, 6) is 0.931. The number of hydrogen-bond acceptors (Lipinski definition) is 4. The van der Waals surface area contributed by atoms with E-state index in [1.807, 2.05) is 13.2 Å². The van der Waals surface area contributed by atoms with Gasteiger partial charge in [-0.3, -0.25) is 0 Å². The molecule has 0 amide bonds. The number of sulfonamides is 1. The van der Waals surface area contributed by atoms with Crippen molar-refractivity contribution in [3.8, 4) is 0 Å². The number of thioether (sulfide) groups is 1. The molecule has 1 atom stereocenters. The van der Waals surface area contributed by atoms with Gasteiger partial charge in [0.15, 0.2) is 0 Å². The van der Waals surface area contributed by atoms with Gasteiger partial charge in [0.05, 0.1) is 4.90 Å². The van der Waals surface area contributed by atoms with E-state index in [0.29, 0.717) is 16.0 Å². The lowest BCUT2D eigenvalue weighted by atomic mass is 10.1. The Balaban J connectivity index is 3.10. The van der Waals surface area contributed by atoms with Crippen LogP contribution in [0.1, 0.15) is 24.5 Å². The van der Waals surface area contributed by atoms with Crippen LogP contribution in [-0.4, -0.2) is 42.8 Å². The second-order valence-electron chi connectivity index (χ2n) is 5.00. The summed E-state index contributed by atoms with van der Waals surface area (Å²) in [5, 5.41) is 0. The fourth-order valence-electron chi connectivity index (χ4n) is 1.95. The number of aryl methyl sites for hydroxylation is 1. The maximum atomic E-state index is 12.7. The van der Waals surface area contributed by atoms with Crippen molar-refractivity contribution >= 4 is 39.0 Å². The van der Waals surface area contributed by atoms with Crippen molar-refractivity contribution in [3.05, 3.63) is 29.3 Å². The van der Waals surface area contributed by atoms with Crippen LogP contribution >= 0.6 is 24.0 Å². The zero-order valence-electron chi connectivity index (χ0n) is 12.8. The highest BCUT2D eigenvalue weighted by Gasteiger charge is 2.26. The van der Waals surface area contributed by atoms with Gasteiger partial charge < -0.3 is 5.73 Å². The molecule has 0 radical (unpaired) electrons. The van der Waals surface area contributed by atoms with Crippen LogP contribution in [0, 0.1) is 6.92 Å². The molecule has 21 heavy (non-hydrogen) atoms. The Hall–Kier alpha value is -0.630. The Morgan fingerprint density at radius 3 is 2.57 bits per heavy atom. The van der Waals surface area contributed by atoms with E-state index in [-0.39, 0.29) is 11.0 Å². The van der Waals surface area contributed by atoms with Gasteiger partial charge in [-0.15, -0.1) is 0 Å². The van der Waals surface area contributed by atoms with E-state index in [1.165, 1.54) is 4.31 Å². The minimum atomic E-state index is -3.50. The van der Waals surface area contributed by atoms with Crippen molar-refractivity contribution < 1.29 is 8.42 Å². The molecule has 7 heteroatoms. The van der Waals surface area contributed by atoms with Gasteiger partial charge in [0.25, 0.3) is 0 Å². The van der Waals surface area contributed by atoms with Gasteiger partial charge in [-0.2, -0.15) is 16.1 Å². The first-order valence-electron chi connectivity index (χ1n) is 6.59. The lowest BCUT2D eigenvalue weighted by Gasteiger charge is -2.25. The first kappa shape index (κ1) is 18.4. The zero-order chi connectivity index (χ0) is 16.2. The molecular weight excluding hydrogens is 324 g/mol. The van der Waals surface area contributed by atoms with Gasteiger partial charge in [-0.25, -0.2) is 8.42 Å². The molecule has 0 aliphatic heterocycles. The first-order chi connectivity index (χ1) is 9.71. The van der Waals surface area contributed by atoms with Gasteiger partial charge in [0.1, 0.15) is 4.99 Å². The van der Waals surface area contributed by atoms with Crippen LogP contribution in [0.3, 0.4) is 0 Å². The minimum absolute atomic E-state index is 0.0443. The molecule has 1 unspecified atom stereocenters. The quantitative estimate of drug-likeness (QED) is 0.768. The van der Waals surface area contributed by atoms with Crippen LogP contribution in [0.25, 0.3) is 0 Å². The van der Waals surface area contributed by atoms with Crippen molar-refractivity contribution in [2.24, 2.45) is 5.73 Å². The van der Waals surface area contributed by atoms with Gasteiger partial charge in [0.2, 0.25) is 10.0 Å². The second kappa shape index (κ2) is 7.58. The van der Waals surface area contributed by atoms with Gasteiger partial charge in [-0.1, -0.05) is 18.3 Å². The largest absolute Gasteiger partial charge is 0.389 e. The van der Waals surface area contributed by atoms with Gasteiger partial charge in [0, 0.05) is 18.7 Å². The van der Waals surface area contributed by atoms with Crippen molar-refractivity contribution in [2.75, 3.05) is 19.1 Å². The third-order valence-corrected chi connectivity index (χ3v) is 6.49. The summed E-state index contributed by atoms with van der Waals surface area (Å²) in [6.07, 6.45) is 2.83. The molecule has 0 heterocycles. The minimum Gasteiger partial charge on any atom is -0.389 e. The summed E-state index contributed by atoms with van der Waals surface area (Å²) < 4.78 is 26.8. The fraction of sp³-hybridized carbons (Fsp3) is 0.500. The summed E-state index contributed by atoms with van der Waals surface area (Å²) in [6, 6.07) is 4.91. The molecule has 0 aliphatic carbocycles. The summed E-state index contributed by atoms with van der Waals surface area (Å²) in [6.45, 7) is 3.68. The topological polar surface area (TPSA) is 63.4 Å². The van der Waals surface area contributed by atoms with Crippen molar-refractivity contribution in [3.63, 3.8) is 0 Å². The standard InChI is InChI=1S/C14H22N2O2S3/c1-10-9-12(14(15)19)5-6-13(10)21(17,18)16(3)11(2)7-8-20-4/h5-6,9,11H,7-8H2,1-4H3,(H2,15,19). The van der Waals surface area contributed by atoms with Crippen LogP contribution in [0.15, 0.2) is 23.1 Å². The monoisotopic (exact) mass is 346 g/mol. The smallest absolute Gasteiger partial charge is 0.243 e. The highest BCUT2D eigenvalue weighted by atomic mass is 32.2. The Bertz CT molecular complexity index is 615. The fourth-order valence-corrected chi connectivity index (χ4v) is 4.25. The predicted octanol–water partition coefficient (Wildman–Crippen LogP) is 2.39. The number of thiocarbonyl (C=S) groups is 1. The van der Waals surface area contributed by atoms with E-state index in [9.17, 15) is 8.42 Å². The molecule has 118 valence electrons. The summed E-state index contributed by atoms with van der Waals surface area (Å²) in [4.78, 5) is 0.574. The van der Waals surface area contributed by atoms with Crippen molar-refractivity contribution in [1.82, 2.24) is 4.31 Å². The second-order valence-corrected chi connectivity index (χ2v) is 8.39. The van der Waals surface area contributed by atoms with E-state index in [0.717, 1.165) is 12.2 Å². The number of benzene rings is 1. The SMILES string of the molecule is CSCCC(C)N(C)S(=O)(=O)c1ccc(C(N)=S)cc1C. The lowest BCUT2D eigenvalue weighted by molar-refractivity contribution is 0.382.